The monoisotopic (exact) mass is 425 g/mol. The molecule has 1 aromatic rings. The fourth-order valence-corrected chi connectivity index (χ4v) is 5.10. The molecule has 0 bridgehead atoms. The largest absolute Gasteiger partial charge is 0.376 e. The van der Waals surface area contributed by atoms with E-state index in [1.54, 1.807) is 24.3 Å². The summed E-state index contributed by atoms with van der Waals surface area (Å²) in [7, 11) is -3.46. The Morgan fingerprint density at radius 3 is 2.38 bits per heavy atom. The molecule has 0 aliphatic heterocycles. The average molecular weight is 426 g/mol. The lowest BCUT2D eigenvalue weighted by molar-refractivity contribution is -0.00243. The second-order valence-corrected chi connectivity index (χ2v) is 9.45. The summed E-state index contributed by atoms with van der Waals surface area (Å²) in [5.41, 5.74) is 0.839. The van der Waals surface area contributed by atoms with Crippen LogP contribution < -0.4 is 10.6 Å². The van der Waals surface area contributed by atoms with E-state index in [-0.39, 0.29) is 10.9 Å². The van der Waals surface area contributed by atoms with Gasteiger partial charge in [0.05, 0.1) is 17.6 Å². The predicted octanol–water partition coefficient (Wildman–Crippen LogP) is 3.11. The Bertz CT molecular complexity index is 733. The number of ether oxygens (including phenoxy) is 1. The van der Waals surface area contributed by atoms with Crippen molar-refractivity contribution in [3.63, 3.8) is 0 Å². The Balaban J connectivity index is 1.72. The Hall–Kier alpha value is -1.64. The normalized spacial score (nSPS) is 19.9. The summed E-state index contributed by atoms with van der Waals surface area (Å²) in [5.74, 6) is 0.589. The number of urea groups is 1. The van der Waals surface area contributed by atoms with Crippen LogP contribution >= 0.6 is 0 Å². The summed E-state index contributed by atoms with van der Waals surface area (Å²) in [5, 5.41) is 5.58. The fraction of sp³-hybridized carbons (Fsp3) is 0.667. The van der Waals surface area contributed by atoms with E-state index in [0.717, 1.165) is 12.0 Å². The smallest absolute Gasteiger partial charge is 0.315 e. The number of amides is 2. The zero-order chi connectivity index (χ0) is 21.3. The summed E-state index contributed by atoms with van der Waals surface area (Å²) >= 11 is 0. The minimum atomic E-state index is -3.46. The van der Waals surface area contributed by atoms with Crippen molar-refractivity contribution in [3.05, 3.63) is 29.8 Å². The number of nitrogens with zero attached hydrogens (tertiary/aromatic N) is 1. The molecule has 1 fully saturated rings. The van der Waals surface area contributed by atoms with E-state index in [1.165, 1.54) is 23.6 Å². The SMILES string of the molecule is CCN(CC)S(=O)(=O)c1ccc(CNC(=O)NCCOC2CCCCC2C)cc1. The maximum absolute atomic E-state index is 12.5. The van der Waals surface area contributed by atoms with Crippen LogP contribution in [-0.4, -0.2) is 51.1 Å². The highest BCUT2D eigenvalue weighted by Crippen LogP contribution is 2.26. The van der Waals surface area contributed by atoms with E-state index in [0.29, 0.717) is 44.8 Å². The lowest BCUT2D eigenvalue weighted by Gasteiger charge is -2.28. The van der Waals surface area contributed by atoms with E-state index in [2.05, 4.69) is 17.6 Å². The number of benzene rings is 1. The van der Waals surface area contributed by atoms with Crippen LogP contribution in [-0.2, 0) is 21.3 Å². The zero-order valence-electron chi connectivity index (χ0n) is 17.8. The van der Waals surface area contributed by atoms with Crippen molar-refractivity contribution >= 4 is 16.1 Å². The van der Waals surface area contributed by atoms with Crippen molar-refractivity contribution in [2.75, 3.05) is 26.2 Å². The van der Waals surface area contributed by atoms with E-state index >= 15 is 0 Å². The highest BCUT2D eigenvalue weighted by molar-refractivity contribution is 7.89. The first-order valence-electron chi connectivity index (χ1n) is 10.6. The van der Waals surface area contributed by atoms with Crippen molar-refractivity contribution in [2.45, 2.75) is 64.0 Å². The highest BCUT2D eigenvalue weighted by Gasteiger charge is 2.22. The Morgan fingerprint density at radius 2 is 1.76 bits per heavy atom. The second kappa shape index (κ2) is 11.5. The van der Waals surface area contributed by atoms with Gasteiger partial charge in [0, 0.05) is 26.2 Å². The number of hydrogen-bond acceptors (Lipinski definition) is 4. The standard InChI is InChI=1S/C21H35N3O4S/c1-4-24(5-2)29(26,27)19-12-10-18(11-13-19)16-23-21(25)22-14-15-28-20-9-7-6-8-17(20)3/h10-13,17,20H,4-9,14-16H2,1-3H3,(H2,22,23,25). The molecule has 1 aliphatic carbocycles. The van der Waals surface area contributed by atoms with Gasteiger partial charge in [0.2, 0.25) is 10.0 Å². The molecule has 0 aromatic heterocycles. The molecule has 2 atom stereocenters. The van der Waals surface area contributed by atoms with Crippen LogP contribution in [0.3, 0.4) is 0 Å². The van der Waals surface area contributed by atoms with Crippen LogP contribution in [0.15, 0.2) is 29.2 Å². The summed E-state index contributed by atoms with van der Waals surface area (Å²) in [4.78, 5) is 12.2. The van der Waals surface area contributed by atoms with Gasteiger partial charge in [0.15, 0.2) is 0 Å². The number of nitrogens with one attached hydrogen (secondary N) is 2. The molecule has 0 radical (unpaired) electrons. The first-order chi connectivity index (χ1) is 13.9. The van der Waals surface area contributed by atoms with E-state index < -0.39 is 10.0 Å². The van der Waals surface area contributed by atoms with Gasteiger partial charge in [-0.2, -0.15) is 4.31 Å². The number of rotatable bonds is 10. The lowest BCUT2D eigenvalue weighted by Crippen LogP contribution is -2.38. The maximum Gasteiger partial charge on any atom is 0.315 e. The van der Waals surface area contributed by atoms with Gasteiger partial charge in [-0.1, -0.05) is 45.7 Å². The Morgan fingerprint density at radius 1 is 1.10 bits per heavy atom. The van der Waals surface area contributed by atoms with Crippen molar-refractivity contribution in [3.8, 4) is 0 Å². The van der Waals surface area contributed by atoms with Crippen LogP contribution in [0.1, 0.15) is 52.0 Å². The quantitative estimate of drug-likeness (QED) is 0.564. The third-order valence-corrected chi connectivity index (χ3v) is 7.54. The molecule has 8 heteroatoms. The molecule has 29 heavy (non-hydrogen) atoms. The number of carbonyl (C=O) groups excluding carboxylic acids is 1. The Labute approximate surface area is 175 Å². The third-order valence-electron chi connectivity index (χ3n) is 5.47. The Kier molecular flexibility index (Phi) is 9.39. The third kappa shape index (κ3) is 6.97. The first-order valence-corrected chi connectivity index (χ1v) is 12.0. The number of sulfonamides is 1. The molecule has 0 spiro atoms. The van der Waals surface area contributed by atoms with Gasteiger partial charge in [-0.05, 0) is 36.5 Å². The van der Waals surface area contributed by atoms with Crippen molar-refractivity contribution < 1.29 is 17.9 Å². The van der Waals surface area contributed by atoms with Gasteiger partial charge < -0.3 is 15.4 Å². The predicted molar refractivity (Wildman–Crippen MR) is 114 cm³/mol. The molecule has 7 nitrogen and oxygen atoms in total. The van der Waals surface area contributed by atoms with Gasteiger partial charge in [0.25, 0.3) is 0 Å². The van der Waals surface area contributed by atoms with Crippen LogP contribution in [0, 0.1) is 5.92 Å². The van der Waals surface area contributed by atoms with Gasteiger partial charge in [-0.25, -0.2) is 13.2 Å². The summed E-state index contributed by atoms with van der Waals surface area (Å²) in [6, 6.07) is 6.36. The average Bonchev–Trinajstić information content (AvgIpc) is 2.72. The maximum atomic E-state index is 12.5. The molecule has 1 aliphatic rings. The van der Waals surface area contributed by atoms with E-state index in [1.807, 2.05) is 13.8 Å². The zero-order valence-corrected chi connectivity index (χ0v) is 18.6. The van der Waals surface area contributed by atoms with Gasteiger partial charge in [0.1, 0.15) is 0 Å². The van der Waals surface area contributed by atoms with Crippen LogP contribution in [0.4, 0.5) is 4.79 Å². The molecule has 2 rings (SSSR count). The van der Waals surface area contributed by atoms with Crippen molar-refractivity contribution in [2.24, 2.45) is 5.92 Å². The van der Waals surface area contributed by atoms with Crippen molar-refractivity contribution in [1.82, 2.24) is 14.9 Å². The fourth-order valence-electron chi connectivity index (χ4n) is 3.64. The van der Waals surface area contributed by atoms with E-state index in [9.17, 15) is 13.2 Å². The molecule has 0 saturated heterocycles. The van der Waals surface area contributed by atoms with Crippen LogP contribution in [0.2, 0.25) is 0 Å². The first kappa shape index (κ1) is 23.6. The topological polar surface area (TPSA) is 87.7 Å². The molecule has 2 N–H and O–H groups in total. The summed E-state index contributed by atoms with van der Waals surface area (Å²) in [6.45, 7) is 8.05. The molecule has 2 unspecified atom stereocenters. The summed E-state index contributed by atoms with van der Waals surface area (Å²) in [6.07, 6.45) is 5.13. The second-order valence-electron chi connectivity index (χ2n) is 7.51. The molecule has 0 heterocycles. The molecular weight excluding hydrogens is 390 g/mol. The highest BCUT2D eigenvalue weighted by atomic mass is 32.2. The van der Waals surface area contributed by atoms with Crippen LogP contribution in [0.25, 0.3) is 0 Å². The lowest BCUT2D eigenvalue weighted by atomic mass is 9.88. The molecule has 1 aromatic carbocycles. The molecule has 164 valence electrons. The minimum absolute atomic E-state index is 0.259. The molecule has 2 amide bonds. The van der Waals surface area contributed by atoms with Gasteiger partial charge >= 0.3 is 6.03 Å². The molecular formula is C21H35N3O4S. The van der Waals surface area contributed by atoms with Gasteiger partial charge in [-0.3, -0.25) is 0 Å². The minimum Gasteiger partial charge on any atom is -0.376 e. The number of carbonyl (C=O) groups is 1. The van der Waals surface area contributed by atoms with Gasteiger partial charge in [-0.15, -0.1) is 0 Å². The summed E-state index contributed by atoms with van der Waals surface area (Å²) < 4.78 is 32.3. The number of hydrogen-bond donors (Lipinski definition) is 2. The van der Waals surface area contributed by atoms with Crippen LogP contribution in [0.5, 0.6) is 0 Å². The molecule has 1 saturated carbocycles. The van der Waals surface area contributed by atoms with Crippen molar-refractivity contribution in [1.29, 1.82) is 0 Å². The van der Waals surface area contributed by atoms with E-state index in [4.69, 9.17) is 4.74 Å².